The Morgan fingerprint density at radius 2 is 1.89 bits per heavy atom. The van der Waals surface area contributed by atoms with E-state index in [1.54, 1.807) is 24.3 Å². The molecular weight excluding hydrogens is 232 g/mol. The lowest BCUT2D eigenvalue weighted by Crippen LogP contribution is -2.14. The number of azo groups is 1. The van der Waals surface area contributed by atoms with E-state index in [0.717, 1.165) is 6.34 Å². The first-order valence-corrected chi connectivity index (χ1v) is 5.31. The first-order chi connectivity index (χ1) is 8.77. The quantitative estimate of drug-likeness (QED) is 0.847. The third-order valence-corrected chi connectivity index (χ3v) is 2.68. The van der Waals surface area contributed by atoms with Gasteiger partial charge in [-0.1, -0.05) is 30.3 Å². The largest absolute Gasteiger partial charge is 0.382 e. The Morgan fingerprint density at radius 1 is 1.11 bits per heavy atom. The highest BCUT2D eigenvalue weighted by Crippen LogP contribution is 2.31. The second kappa shape index (κ2) is 4.08. The monoisotopic (exact) mass is 240 g/mol. The van der Waals surface area contributed by atoms with Crippen LogP contribution in [0.25, 0.3) is 0 Å². The standard InChI is InChI=1S/C12H8N4O2/c17-10(7-4-2-1-3-5-7)9-8-11(16-15-9)13-6-14-12(8)18/h1-6,10,17H. The maximum absolute atomic E-state index is 11.7. The Kier molecular flexibility index (Phi) is 2.42. The van der Waals surface area contributed by atoms with E-state index < -0.39 is 12.0 Å². The number of benzene rings is 1. The molecule has 0 aromatic heterocycles. The zero-order valence-electron chi connectivity index (χ0n) is 9.19. The summed E-state index contributed by atoms with van der Waals surface area (Å²) in [6.07, 6.45) is 0.132. The highest BCUT2D eigenvalue weighted by molar-refractivity contribution is 6.27. The molecule has 0 spiro atoms. The van der Waals surface area contributed by atoms with Crippen LogP contribution in [0.3, 0.4) is 0 Å². The minimum Gasteiger partial charge on any atom is -0.382 e. The molecule has 2 aliphatic heterocycles. The molecular formula is C12H8N4O2. The van der Waals surface area contributed by atoms with Gasteiger partial charge in [-0.05, 0) is 5.56 Å². The molecule has 1 aromatic rings. The van der Waals surface area contributed by atoms with Crippen LogP contribution in [0, 0.1) is 0 Å². The van der Waals surface area contributed by atoms with Crippen molar-refractivity contribution in [1.29, 1.82) is 0 Å². The summed E-state index contributed by atoms with van der Waals surface area (Å²) in [7, 11) is 0. The highest BCUT2D eigenvalue weighted by Gasteiger charge is 2.32. The van der Waals surface area contributed by atoms with Gasteiger partial charge < -0.3 is 5.11 Å². The van der Waals surface area contributed by atoms with Crippen molar-refractivity contribution in [2.45, 2.75) is 6.10 Å². The van der Waals surface area contributed by atoms with E-state index in [1.807, 2.05) is 6.07 Å². The maximum atomic E-state index is 11.7. The lowest BCUT2D eigenvalue weighted by Gasteiger charge is -2.10. The first kappa shape index (κ1) is 10.7. The van der Waals surface area contributed by atoms with Crippen LogP contribution in [0.2, 0.25) is 0 Å². The van der Waals surface area contributed by atoms with Crippen LogP contribution < -0.4 is 0 Å². The van der Waals surface area contributed by atoms with Crippen LogP contribution in [0.15, 0.2) is 61.8 Å². The number of carbonyl (C=O) groups excluding carboxylic acids is 1. The fourth-order valence-electron chi connectivity index (χ4n) is 1.80. The second-order valence-electron chi connectivity index (χ2n) is 3.78. The maximum Gasteiger partial charge on any atom is 0.284 e. The van der Waals surface area contributed by atoms with Gasteiger partial charge in [0.2, 0.25) is 0 Å². The van der Waals surface area contributed by atoms with Crippen molar-refractivity contribution in [2.24, 2.45) is 20.2 Å². The minimum atomic E-state index is -1.00. The Morgan fingerprint density at radius 3 is 2.67 bits per heavy atom. The topological polar surface area (TPSA) is 86.7 Å². The molecule has 18 heavy (non-hydrogen) atoms. The van der Waals surface area contributed by atoms with E-state index in [-0.39, 0.29) is 17.1 Å². The molecule has 1 amide bonds. The van der Waals surface area contributed by atoms with Crippen molar-refractivity contribution in [1.82, 2.24) is 0 Å². The van der Waals surface area contributed by atoms with Gasteiger partial charge in [-0.15, -0.1) is 10.2 Å². The molecule has 1 aromatic carbocycles. The first-order valence-electron chi connectivity index (χ1n) is 5.31. The van der Waals surface area contributed by atoms with Gasteiger partial charge in [0.15, 0.2) is 5.84 Å². The Balaban J connectivity index is 2.05. The van der Waals surface area contributed by atoms with Crippen LogP contribution in [0.1, 0.15) is 11.7 Å². The number of fused-ring (bicyclic) bond motifs is 1. The van der Waals surface area contributed by atoms with E-state index in [1.165, 1.54) is 0 Å². The Labute approximate surface area is 102 Å². The van der Waals surface area contributed by atoms with Gasteiger partial charge in [-0.25, -0.2) is 4.99 Å². The van der Waals surface area contributed by atoms with Gasteiger partial charge >= 0.3 is 0 Å². The predicted octanol–water partition coefficient (Wildman–Crippen LogP) is 1.41. The van der Waals surface area contributed by atoms with Gasteiger partial charge in [0, 0.05) is 0 Å². The fraction of sp³-hybridized carbons (Fsp3) is 0.0833. The highest BCUT2D eigenvalue weighted by atomic mass is 16.3. The summed E-state index contributed by atoms with van der Waals surface area (Å²) >= 11 is 0. The molecule has 2 aliphatic rings. The molecule has 0 saturated heterocycles. The summed E-state index contributed by atoms with van der Waals surface area (Å²) in [4.78, 5) is 19.1. The van der Waals surface area contributed by atoms with E-state index >= 15 is 0 Å². The summed E-state index contributed by atoms with van der Waals surface area (Å²) in [6, 6.07) is 8.93. The number of carbonyl (C=O) groups is 1. The lowest BCUT2D eigenvalue weighted by molar-refractivity contribution is -0.114. The number of aliphatic imine (C=N–C) groups is 2. The van der Waals surface area contributed by atoms with Crippen molar-refractivity contribution in [2.75, 3.05) is 0 Å². The molecule has 0 bridgehead atoms. The number of hydrogen-bond donors (Lipinski definition) is 1. The number of hydrogen-bond acceptors (Lipinski definition) is 5. The SMILES string of the molecule is O=C1N=CN=C2N=NC(C(O)c3ccccc3)=C12. The summed E-state index contributed by atoms with van der Waals surface area (Å²) in [5, 5.41) is 17.8. The predicted molar refractivity (Wildman–Crippen MR) is 64.2 cm³/mol. The van der Waals surface area contributed by atoms with Gasteiger partial charge in [0.25, 0.3) is 5.91 Å². The molecule has 1 unspecified atom stereocenters. The molecule has 0 fully saturated rings. The zero-order valence-corrected chi connectivity index (χ0v) is 9.19. The van der Waals surface area contributed by atoms with E-state index in [4.69, 9.17) is 0 Å². The van der Waals surface area contributed by atoms with E-state index in [2.05, 4.69) is 20.2 Å². The van der Waals surface area contributed by atoms with Crippen molar-refractivity contribution in [3.63, 3.8) is 0 Å². The van der Waals surface area contributed by atoms with Crippen LogP contribution in [0.5, 0.6) is 0 Å². The Hall–Kier alpha value is -2.47. The summed E-state index contributed by atoms with van der Waals surface area (Å²) in [5.41, 5.74) is 1.01. The molecule has 2 heterocycles. The van der Waals surface area contributed by atoms with Crippen molar-refractivity contribution >= 4 is 18.1 Å². The molecule has 0 radical (unpaired) electrons. The number of amides is 1. The van der Waals surface area contributed by atoms with E-state index in [0.29, 0.717) is 5.56 Å². The molecule has 3 rings (SSSR count). The van der Waals surface area contributed by atoms with Crippen molar-refractivity contribution < 1.29 is 9.90 Å². The summed E-state index contributed by atoms with van der Waals surface area (Å²) in [5.74, 6) is -0.269. The molecule has 88 valence electrons. The molecule has 0 aliphatic carbocycles. The fourth-order valence-corrected chi connectivity index (χ4v) is 1.80. The lowest BCUT2D eigenvalue weighted by atomic mass is 10.0. The van der Waals surface area contributed by atoms with Gasteiger partial charge in [-0.2, -0.15) is 4.99 Å². The zero-order chi connectivity index (χ0) is 12.5. The van der Waals surface area contributed by atoms with Gasteiger partial charge in [-0.3, -0.25) is 4.79 Å². The average molecular weight is 240 g/mol. The van der Waals surface area contributed by atoms with Crippen LogP contribution >= 0.6 is 0 Å². The molecule has 0 saturated carbocycles. The van der Waals surface area contributed by atoms with Gasteiger partial charge in [0.1, 0.15) is 23.7 Å². The third-order valence-electron chi connectivity index (χ3n) is 2.68. The normalized spacial score (nSPS) is 18.9. The number of amidine groups is 1. The minimum absolute atomic E-state index is 0.175. The summed E-state index contributed by atoms with van der Waals surface area (Å²) < 4.78 is 0. The number of nitrogens with zero attached hydrogens (tertiary/aromatic N) is 4. The third kappa shape index (κ3) is 1.59. The van der Waals surface area contributed by atoms with Crippen LogP contribution in [-0.4, -0.2) is 23.2 Å². The van der Waals surface area contributed by atoms with Gasteiger partial charge in [0.05, 0.1) is 0 Å². The van der Waals surface area contributed by atoms with Crippen molar-refractivity contribution in [3.8, 4) is 0 Å². The number of aliphatic hydroxyl groups excluding tert-OH is 1. The van der Waals surface area contributed by atoms with Crippen LogP contribution in [0.4, 0.5) is 0 Å². The van der Waals surface area contributed by atoms with E-state index in [9.17, 15) is 9.90 Å². The summed E-state index contributed by atoms with van der Waals surface area (Å²) in [6.45, 7) is 0. The number of rotatable bonds is 2. The molecule has 6 nitrogen and oxygen atoms in total. The smallest absolute Gasteiger partial charge is 0.284 e. The molecule has 6 heteroatoms. The van der Waals surface area contributed by atoms with Crippen molar-refractivity contribution in [3.05, 3.63) is 47.2 Å². The van der Waals surface area contributed by atoms with Crippen LogP contribution in [-0.2, 0) is 4.79 Å². The number of aliphatic hydroxyl groups is 1. The molecule has 1 atom stereocenters. The Bertz CT molecular complexity index is 629. The average Bonchev–Trinajstić information content (AvgIpc) is 2.84. The second-order valence-corrected chi connectivity index (χ2v) is 3.78. The molecule has 1 N–H and O–H groups in total.